The van der Waals surface area contributed by atoms with E-state index in [2.05, 4.69) is 0 Å². The van der Waals surface area contributed by atoms with E-state index in [-0.39, 0.29) is 6.04 Å². The topological polar surface area (TPSA) is 46.3 Å². The lowest BCUT2D eigenvalue weighted by Crippen LogP contribution is -2.27. The van der Waals surface area contributed by atoms with Gasteiger partial charge < -0.3 is 5.73 Å². The minimum absolute atomic E-state index is 0.276. The zero-order chi connectivity index (χ0) is 6.69. The van der Waals surface area contributed by atoms with Gasteiger partial charge in [0.1, 0.15) is 0 Å². The average molecular weight is 127 g/mol. The molecule has 0 amide bonds. The predicted molar refractivity (Wildman–Crippen MR) is 34.7 cm³/mol. The van der Waals surface area contributed by atoms with Crippen molar-refractivity contribution in [3.8, 4) is 0 Å². The molecule has 1 rings (SSSR count). The molecule has 1 aliphatic heterocycles. The Bertz CT molecular complexity index is 105. The summed E-state index contributed by atoms with van der Waals surface area (Å²) in [4.78, 5) is 11.9. The smallest absolute Gasteiger partial charge is 0.213 e. The lowest BCUT2D eigenvalue weighted by atomic mass is 10.3. The Kier molecular flexibility index (Phi) is 2.19. The molecule has 2 N–H and O–H groups in total. The molecule has 3 heteroatoms. The number of rotatable bonds is 2. The highest BCUT2D eigenvalue weighted by Crippen LogP contribution is 2.04. The van der Waals surface area contributed by atoms with Crippen molar-refractivity contribution in [3.63, 3.8) is 0 Å². The Labute approximate surface area is 54.8 Å². The first-order valence-electron chi connectivity index (χ1n) is 3.16. The number of nitrogens with zero attached hydrogens (tertiary/aromatic N) is 1. The summed E-state index contributed by atoms with van der Waals surface area (Å²) >= 11 is 0. The summed E-state index contributed by atoms with van der Waals surface area (Å²) in [6.45, 7) is 2.24. The monoisotopic (exact) mass is 127 g/mol. The van der Waals surface area contributed by atoms with E-state index in [4.69, 9.17) is 5.73 Å². The van der Waals surface area contributed by atoms with Crippen LogP contribution in [0.25, 0.3) is 0 Å². The van der Waals surface area contributed by atoms with Gasteiger partial charge in [-0.2, -0.15) is 0 Å². The molecule has 9 heavy (non-hydrogen) atoms. The Morgan fingerprint density at radius 1 is 1.78 bits per heavy atom. The largest absolute Gasteiger partial charge is 0.326 e. The second-order valence-electron chi connectivity index (χ2n) is 2.43. The minimum atomic E-state index is 0.276. The second kappa shape index (κ2) is 2.94. The van der Waals surface area contributed by atoms with E-state index in [1.54, 1.807) is 0 Å². The summed E-state index contributed by atoms with van der Waals surface area (Å²) in [5.74, 6) is 0. The third-order valence-electron chi connectivity index (χ3n) is 1.60. The van der Waals surface area contributed by atoms with Gasteiger partial charge in [0.25, 0.3) is 0 Å². The van der Waals surface area contributed by atoms with Crippen LogP contribution in [0.2, 0.25) is 0 Å². The first-order valence-corrected chi connectivity index (χ1v) is 3.16. The van der Waals surface area contributed by atoms with Crippen molar-refractivity contribution in [3.05, 3.63) is 0 Å². The molecule has 1 heterocycles. The number of carbonyl (C=O) groups excluding carboxylic acids is 1. The zero-order valence-corrected chi connectivity index (χ0v) is 5.34. The van der Waals surface area contributed by atoms with Gasteiger partial charge in [-0.25, -0.2) is 0 Å². The van der Waals surface area contributed by atoms with Gasteiger partial charge in [0, 0.05) is 19.1 Å². The summed E-state index contributed by atoms with van der Waals surface area (Å²) in [6.07, 6.45) is 2.87. The molecular weight excluding hydrogens is 116 g/mol. The van der Waals surface area contributed by atoms with E-state index in [1.807, 2.05) is 11.2 Å². The SMILES string of the molecule is NC1CCN(C[C]=O)C1. The Balaban J connectivity index is 2.21. The first-order chi connectivity index (χ1) is 4.33. The fraction of sp³-hybridized carbons (Fsp3) is 0.833. The van der Waals surface area contributed by atoms with Gasteiger partial charge in [0.05, 0.1) is 6.54 Å². The molecule has 1 saturated heterocycles. The molecule has 0 aliphatic carbocycles. The fourth-order valence-corrected chi connectivity index (χ4v) is 1.10. The minimum Gasteiger partial charge on any atom is -0.326 e. The van der Waals surface area contributed by atoms with Crippen molar-refractivity contribution in [1.82, 2.24) is 4.90 Å². The van der Waals surface area contributed by atoms with Crippen LogP contribution in [0.5, 0.6) is 0 Å². The highest BCUT2D eigenvalue weighted by Gasteiger charge is 2.17. The van der Waals surface area contributed by atoms with E-state index in [1.165, 1.54) is 0 Å². The van der Waals surface area contributed by atoms with Crippen molar-refractivity contribution < 1.29 is 4.79 Å². The Morgan fingerprint density at radius 3 is 3.00 bits per heavy atom. The Morgan fingerprint density at radius 2 is 2.56 bits per heavy atom. The molecule has 0 bridgehead atoms. The van der Waals surface area contributed by atoms with Gasteiger partial charge in [-0.05, 0) is 6.42 Å². The molecule has 1 unspecified atom stereocenters. The molecule has 0 aromatic heterocycles. The van der Waals surface area contributed by atoms with Gasteiger partial charge in [-0.1, -0.05) is 0 Å². The fourth-order valence-electron chi connectivity index (χ4n) is 1.10. The van der Waals surface area contributed by atoms with Crippen LogP contribution in [-0.2, 0) is 4.79 Å². The van der Waals surface area contributed by atoms with Crippen molar-refractivity contribution in [2.24, 2.45) is 5.73 Å². The molecule has 1 radical (unpaired) electrons. The number of nitrogens with two attached hydrogens (primary N) is 1. The first kappa shape index (κ1) is 6.71. The number of hydrogen-bond acceptors (Lipinski definition) is 3. The van der Waals surface area contributed by atoms with Crippen LogP contribution in [0.15, 0.2) is 0 Å². The van der Waals surface area contributed by atoms with Crippen molar-refractivity contribution in [2.45, 2.75) is 12.5 Å². The average Bonchev–Trinajstić information content (AvgIpc) is 2.17. The summed E-state index contributed by atoms with van der Waals surface area (Å²) in [5, 5.41) is 0. The summed E-state index contributed by atoms with van der Waals surface area (Å²) in [5.41, 5.74) is 5.58. The zero-order valence-electron chi connectivity index (χ0n) is 5.34. The highest BCUT2D eigenvalue weighted by molar-refractivity contribution is 5.53. The lowest BCUT2D eigenvalue weighted by Gasteiger charge is -2.08. The van der Waals surface area contributed by atoms with E-state index in [9.17, 15) is 4.79 Å². The van der Waals surface area contributed by atoms with Crippen LogP contribution < -0.4 is 5.73 Å². The second-order valence-corrected chi connectivity index (χ2v) is 2.43. The molecular formula is C6H11N2O. The molecule has 0 saturated carbocycles. The summed E-state index contributed by atoms with van der Waals surface area (Å²) in [7, 11) is 0. The maximum absolute atomic E-state index is 9.86. The van der Waals surface area contributed by atoms with Gasteiger partial charge in [-0.15, -0.1) is 0 Å². The van der Waals surface area contributed by atoms with E-state index in [0.717, 1.165) is 19.5 Å². The van der Waals surface area contributed by atoms with Crippen LogP contribution in [0.4, 0.5) is 0 Å². The van der Waals surface area contributed by atoms with Crippen molar-refractivity contribution in [2.75, 3.05) is 19.6 Å². The van der Waals surface area contributed by atoms with Crippen LogP contribution in [-0.4, -0.2) is 36.9 Å². The predicted octanol–water partition coefficient (Wildman–Crippen LogP) is -0.871. The lowest BCUT2D eigenvalue weighted by molar-refractivity contribution is 0.373. The van der Waals surface area contributed by atoms with Gasteiger partial charge in [-0.3, -0.25) is 9.69 Å². The van der Waals surface area contributed by atoms with E-state index >= 15 is 0 Å². The third kappa shape index (κ3) is 1.77. The molecule has 3 nitrogen and oxygen atoms in total. The molecule has 0 spiro atoms. The quantitative estimate of drug-likeness (QED) is 0.524. The molecule has 51 valence electrons. The van der Waals surface area contributed by atoms with Crippen LogP contribution in [0.1, 0.15) is 6.42 Å². The van der Waals surface area contributed by atoms with Crippen molar-refractivity contribution in [1.29, 1.82) is 0 Å². The standard InChI is InChI=1S/C6H11N2O/c7-6-1-2-8(5-6)3-4-9/h6H,1-3,5,7H2. The maximum Gasteiger partial charge on any atom is 0.213 e. The molecule has 1 aliphatic rings. The molecule has 1 fully saturated rings. The van der Waals surface area contributed by atoms with Crippen LogP contribution in [0, 0.1) is 0 Å². The van der Waals surface area contributed by atoms with Crippen LogP contribution in [0.3, 0.4) is 0 Å². The summed E-state index contributed by atoms with van der Waals surface area (Å²) in [6, 6.07) is 0.276. The maximum atomic E-state index is 9.86. The molecule has 0 aromatic rings. The van der Waals surface area contributed by atoms with Gasteiger partial charge in [0.2, 0.25) is 6.29 Å². The number of likely N-dealkylation sites (tertiary alicyclic amines) is 1. The normalized spacial score (nSPS) is 28.8. The third-order valence-corrected chi connectivity index (χ3v) is 1.60. The molecule has 1 atom stereocenters. The summed E-state index contributed by atoms with van der Waals surface area (Å²) < 4.78 is 0. The van der Waals surface area contributed by atoms with Crippen molar-refractivity contribution >= 4 is 6.29 Å². The highest BCUT2D eigenvalue weighted by atomic mass is 16.1. The Hall–Kier alpha value is -0.410. The van der Waals surface area contributed by atoms with E-state index < -0.39 is 0 Å². The van der Waals surface area contributed by atoms with Gasteiger partial charge in [0.15, 0.2) is 0 Å². The number of hydrogen-bond donors (Lipinski definition) is 1. The molecule has 0 aromatic carbocycles. The van der Waals surface area contributed by atoms with Gasteiger partial charge >= 0.3 is 0 Å². The van der Waals surface area contributed by atoms with Crippen LogP contribution >= 0.6 is 0 Å². The van der Waals surface area contributed by atoms with E-state index in [0.29, 0.717) is 6.54 Å².